The molecule has 0 aromatic carbocycles. The van der Waals surface area contributed by atoms with Gasteiger partial charge in [-0.2, -0.15) is 0 Å². The van der Waals surface area contributed by atoms with Gasteiger partial charge >= 0.3 is 0 Å². The lowest BCUT2D eigenvalue weighted by Crippen LogP contribution is -2.38. The maximum Gasteiger partial charge on any atom is 0.233 e. The molecule has 1 saturated heterocycles. The SMILES string of the molecule is [2H]C1([2H])OC([2H])([2H])C1([2H])Oc1ccc(Br)nn1. The van der Waals surface area contributed by atoms with Gasteiger partial charge in [-0.3, -0.25) is 0 Å². The van der Waals surface area contributed by atoms with E-state index in [9.17, 15) is 0 Å². The number of hydrogen-bond acceptors (Lipinski definition) is 4. The van der Waals surface area contributed by atoms with Gasteiger partial charge < -0.3 is 9.47 Å². The van der Waals surface area contributed by atoms with E-state index >= 15 is 0 Å². The Labute approximate surface area is 85.0 Å². The normalized spacial score (nSPS) is 34.2. The molecule has 12 heavy (non-hydrogen) atoms. The molecule has 1 aromatic heterocycles. The molecule has 0 bridgehead atoms. The summed E-state index contributed by atoms with van der Waals surface area (Å²) >= 11 is 3.05. The lowest BCUT2D eigenvalue weighted by molar-refractivity contribution is -0.0816. The second kappa shape index (κ2) is 3.37. The van der Waals surface area contributed by atoms with E-state index in [0.29, 0.717) is 4.60 Å². The molecule has 0 atom stereocenters. The summed E-state index contributed by atoms with van der Waals surface area (Å²) in [5.41, 5.74) is 0. The number of ether oxygens (including phenoxy) is 2. The van der Waals surface area contributed by atoms with Crippen LogP contribution in [0.4, 0.5) is 0 Å². The Morgan fingerprint density at radius 1 is 1.67 bits per heavy atom. The zero-order chi connectivity index (χ0) is 12.9. The van der Waals surface area contributed by atoms with Gasteiger partial charge in [0.15, 0.2) is 0 Å². The van der Waals surface area contributed by atoms with Crippen LogP contribution in [0.3, 0.4) is 0 Å². The highest BCUT2D eigenvalue weighted by Gasteiger charge is 2.20. The Bertz CT molecular complexity index is 426. The second-order valence-corrected chi connectivity index (χ2v) is 2.74. The third-order valence-electron chi connectivity index (χ3n) is 1.10. The molecule has 4 nitrogen and oxygen atoms in total. The zero-order valence-corrected chi connectivity index (χ0v) is 7.33. The predicted molar refractivity (Wildman–Crippen MR) is 45.0 cm³/mol. The fourth-order valence-electron chi connectivity index (χ4n) is 0.597. The molecule has 1 aromatic rings. The number of nitrogens with zero attached hydrogens (tertiary/aromatic N) is 2. The summed E-state index contributed by atoms with van der Waals surface area (Å²) in [6.07, 6.45) is -2.51. The van der Waals surface area contributed by atoms with E-state index in [4.69, 9.17) is 11.6 Å². The van der Waals surface area contributed by atoms with Crippen LogP contribution in [-0.2, 0) is 4.74 Å². The van der Waals surface area contributed by atoms with Crippen molar-refractivity contribution in [3.05, 3.63) is 16.7 Å². The van der Waals surface area contributed by atoms with E-state index in [1.165, 1.54) is 12.1 Å². The molecule has 1 fully saturated rings. The average molecular weight is 236 g/mol. The molecule has 0 unspecified atom stereocenters. The van der Waals surface area contributed by atoms with E-state index in [1.54, 1.807) is 0 Å². The van der Waals surface area contributed by atoms with Gasteiger partial charge in [0, 0.05) is 6.07 Å². The Morgan fingerprint density at radius 2 is 2.50 bits per heavy atom. The van der Waals surface area contributed by atoms with Gasteiger partial charge in [0.25, 0.3) is 0 Å². The number of aromatic nitrogens is 2. The molecule has 1 aliphatic rings. The average Bonchev–Trinajstić information content (AvgIpc) is 2.19. The van der Waals surface area contributed by atoms with Gasteiger partial charge in [-0.15, -0.1) is 10.2 Å². The molecule has 0 saturated carbocycles. The molecule has 0 spiro atoms. The van der Waals surface area contributed by atoms with Gasteiger partial charge in [-0.1, -0.05) is 0 Å². The quantitative estimate of drug-likeness (QED) is 0.768. The molecule has 5 heteroatoms. The van der Waals surface area contributed by atoms with E-state index in [1.807, 2.05) is 0 Å². The minimum Gasteiger partial charge on any atom is -0.468 e. The highest BCUT2D eigenvalue weighted by molar-refractivity contribution is 9.10. The van der Waals surface area contributed by atoms with Gasteiger partial charge in [0.1, 0.15) is 10.7 Å². The van der Waals surface area contributed by atoms with Crippen LogP contribution in [0.2, 0.25) is 0 Å². The highest BCUT2D eigenvalue weighted by atomic mass is 79.9. The van der Waals surface area contributed by atoms with Crippen LogP contribution in [0.1, 0.15) is 6.85 Å². The molecule has 0 aliphatic carbocycles. The van der Waals surface area contributed by atoms with Crippen molar-refractivity contribution in [3.63, 3.8) is 0 Å². The predicted octanol–water partition coefficient (Wildman–Crippen LogP) is 1.02. The Kier molecular flexibility index (Phi) is 1.13. The fraction of sp³-hybridized carbons (Fsp3) is 0.429. The first-order valence-electron chi connectivity index (χ1n) is 5.56. The van der Waals surface area contributed by atoms with Crippen LogP contribution in [0.25, 0.3) is 0 Å². The van der Waals surface area contributed by atoms with Crippen molar-refractivity contribution in [2.75, 3.05) is 13.1 Å². The molecule has 0 N–H and O–H groups in total. The monoisotopic (exact) mass is 235 g/mol. The molecule has 0 radical (unpaired) electrons. The molecule has 64 valence electrons. The molecular formula is C7H7BrN2O2. The van der Waals surface area contributed by atoms with E-state index in [0.717, 1.165) is 0 Å². The van der Waals surface area contributed by atoms with Crippen molar-refractivity contribution in [3.8, 4) is 5.88 Å². The van der Waals surface area contributed by atoms with Crippen molar-refractivity contribution in [1.29, 1.82) is 0 Å². The lowest BCUT2D eigenvalue weighted by Gasteiger charge is -2.25. The maximum absolute atomic E-state index is 7.68. The summed E-state index contributed by atoms with van der Waals surface area (Å²) in [6.45, 7) is -5.10. The van der Waals surface area contributed by atoms with Crippen LogP contribution in [-0.4, -0.2) is 29.4 Å². The topological polar surface area (TPSA) is 44.2 Å². The van der Waals surface area contributed by atoms with Crippen LogP contribution < -0.4 is 4.74 Å². The Balaban J connectivity index is 2.25. The number of hydrogen-bond donors (Lipinski definition) is 0. The Morgan fingerprint density at radius 3 is 3.08 bits per heavy atom. The zero-order valence-electron chi connectivity index (χ0n) is 10.7. The van der Waals surface area contributed by atoms with Crippen molar-refractivity contribution in [2.45, 2.75) is 6.08 Å². The third kappa shape index (κ3) is 1.73. The van der Waals surface area contributed by atoms with E-state index < -0.39 is 19.2 Å². The minimum absolute atomic E-state index is 0.153. The first kappa shape index (κ1) is 4.02. The summed E-state index contributed by atoms with van der Waals surface area (Å²) in [7, 11) is 0. The van der Waals surface area contributed by atoms with E-state index in [2.05, 4.69) is 30.9 Å². The molecule has 2 heterocycles. The lowest BCUT2D eigenvalue weighted by atomic mass is 10.3. The standard InChI is InChI=1S/C7H7BrN2O2/c8-6-1-2-7(10-9-6)12-5-3-11-4-5/h1-2,5H,3-4H2/i3D2,4D2,5D. The maximum atomic E-state index is 7.68. The van der Waals surface area contributed by atoms with Gasteiger partial charge in [0.2, 0.25) is 5.88 Å². The van der Waals surface area contributed by atoms with Crippen molar-refractivity contribution in [1.82, 2.24) is 10.2 Å². The summed E-state index contributed by atoms with van der Waals surface area (Å²) in [5, 5.41) is 7.14. The van der Waals surface area contributed by atoms with Crippen molar-refractivity contribution >= 4 is 15.9 Å². The van der Waals surface area contributed by atoms with Crippen LogP contribution in [0, 0.1) is 0 Å². The van der Waals surface area contributed by atoms with Crippen LogP contribution >= 0.6 is 15.9 Å². The molecule has 0 amide bonds. The highest BCUT2D eigenvalue weighted by Crippen LogP contribution is 2.13. The molecular weight excluding hydrogens is 224 g/mol. The van der Waals surface area contributed by atoms with Gasteiger partial charge in [-0.25, -0.2) is 0 Å². The first-order chi connectivity index (χ1) is 7.68. The first-order valence-corrected chi connectivity index (χ1v) is 3.86. The molecule has 2 rings (SSSR count). The number of halogens is 1. The fourth-order valence-corrected chi connectivity index (χ4v) is 0.809. The summed E-state index contributed by atoms with van der Waals surface area (Å²) in [6, 6.07) is 2.83. The van der Waals surface area contributed by atoms with Crippen LogP contribution in [0.15, 0.2) is 16.7 Å². The van der Waals surface area contributed by atoms with Gasteiger partial charge in [-0.05, 0) is 22.0 Å². The van der Waals surface area contributed by atoms with E-state index in [-0.39, 0.29) is 5.88 Å². The Hall–Kier alpha value is -0.680. The summed E-state index contributed by atoms with van der Waals surface area (Å²) in [5.74, 6) is -0.153. The smallest absolute Gasteiger partial charge is 0.233 e. The third-order valence-corrected chi connectivity index (χ3v) is 1.52. The van der Waals surface area contributed by atoms with Gasteiger partial charge in [0.05, 0.1) is 20.0 Å². The second-order valence-electron chi connectivity index (χ2n) is 1.93. The molecule has 1 aliphatic heterocycles. The van der Waals surface area contributed by atoms with Crippen molar-refractivity contribution in [2.24, 2.45) is 0 Å². The minimum atomic E-state index is -2.55. The van der Waals surface area contributed by atoms with Crippen molar-refractivity contribution < 1.29 is 16.3 Å². The number of rotatable bonds is 2. The van der Waals surface area contributed by atoms with Crippen LogP contribution in [0.5, 0.6) is 5.88 Å². The summed E-state index contributed by atoms with van der Waals surface area (Å²) < 4.78 is 46.6. The summed E-state index contributed by atoms with van der Waals surface area (Å²) in [4.78, 5) is 0. The largest absolute Gasteiger partial charge is 0.468 e.